The van der Waals surface area contributed by atoms with Gasteiger partial charge in [-0.15, -0.1) is 0 Å². The van der Waals surface area contributed by atoms with Gasteiger partial charge in [0, 0.05) is 24.6 Å². The second-order valence-electron chi connectivity index (χ2n) is 8.12. The lowest BCUT2D eigenvalue weighted by Crippen LogP contribution is -2.64. The maximum atomic E-state index is 13.4. The van der Waals surface area contributed by atoms with E-state index in [0.717, 1.165) is 16.7 Å². The molecule has 2 amide bonds. The highest BCUT2D eigenvalue weighted by Gasteiger charge is 2.55. The predicted molar refractivity (Wildman–Crippen MR) is 110 cm³/mol. The van der Waals surface area contributed by atoms with Crippen molar-refractivity contribution < 1.29 is 19.4 Å². The van der Waals surface area contributed by atoms with Gasteiger partial charge in [-0.1, -0.05) is 35.9 Å². The molecule has 0 spiro atoms. The van der Waals surface area contributed by atoms with E-state index in [2.05, 4.69) is 5.32 Å². The number of piperidine rings is 1. The Morgan fingerprint density at radius 3 is 2.76 bits per heavy atom. The number of aliphatic hydroxyl groups excluding tert-OH is 1. The quantitative estimate of drug-likeness (QED) is 0.782. The molecule has 1 saturated heterocycles. The Kier molecular flexibility index (Phi) is 4.82. The fourth-order valence-electron chi connectivity index (χ4n) is 4.62. The number of nitrogens with zero attached hydrogens (tertiary/aromatic N) is 1. The van der Waals surface area contributed by atoms with Crippen LogP contribution in [0.25, 0.3) is 0 Å². The van der Waals surface area contributed by atoms with E-state index in [4.69, 9.17) is 4.74 Å². The van der Waals surface area contributed by atoms with Crippen molar-refractivity contribution >= 4 is 17.5 Å². The lowest BCUT2D eigenvalue weighted by molar-refractivity contribution is -0.176. The van der Waals surface area contributed by atoms with Crippen molar-refractivity contribution in [2.75, 3.05) is 18.5 Å². The van der Waals surface area contributed by atoms with Crippen LogP contribution in [0.15, 0.2) is 42.5 Å². The summed E-state index contributed by atoms with van der Waals surface area (Å²) in [6, 6.07) is 13.4. The normalized spacial score (nSPS) is 25.2. The third-order valence-electron chi connectivity index (χ3n) is 6.00. The molecule has 0 radical (unpaired) electrons. The average Bonchev–Trinajstić information content (AvgIpc) is 2.67. The first-order valence-corrected chi connectivity index (χ1v) is 9.92. The van der Waals surface area contributed by atoms with Gasteiger partial charge in [0.15, 0.2) is 5.72 Å². The van der Waals surface area contributed by atoms with Crippen LogP contribution in [-0.4, -0.2) is 40.7 Å². The molecule has 2 aromatic carbocycles. The van der Waals surface area contributed by atoms with Crippen molar-refractivity contribution in [1.29, 1.82) is 0 Å². The number of β-amino-alcohol motifs (C(OH)–C–C–N with tert-alkyl or cyclic N) is 1. The number of amides is 2. The average molecular weight is 394 g/mol. The van der Waals surface area contributed by atoms with Crippen LogP contribution >= 0.6 is 0 Å². The number of carbonyl (C=O) groups is 2. The zero-order valence-electron chi connectivity index (χ0n) is 16.9. The van der Waals surface area contributed by atoms with Gasteiger partial charge >= 0.3 is 0 Å². The Morgan fingerprint density at radius 2 is 2.03 bits per heavy atom. The van der Waals surface area contributed by atoms with Gasteiger partial charge in [-0.05, 0) is 44.0 Å². The lowest BCUT2D eigenvalue weighted by Gasteiger charge is -2.52. The van der Waals surface area contributed by atoms with Gasteiger partial charge in [0.1, 0.15) is 11.7 Å². The Bertz CT molecular complexity index is 973. The van der Waals surface area contributed by atoms with Crippen LogP contribution in [0, 0.1) is 19.8 Å². The van der Waals surface area contributed by atoms with E-state index in [1.165, 1.54) is 4.90 Å². The molecule has 2 aromatic rings. The Morgan fingerprint density at radius 1 is 1.28 bits per heavy atom. The molecule has 6 nitrogen and oxygen atoms in total. The number of nitrogens with one attached hydrogen (secondary N) is 1. The molecule has 6 heteroatoms. The molecule has 2 aliphatic rings. The van der Waals surface area contributed by atoms with Crippen molar-refractivity contribution in [3.8, 4) is 5.75 Å². The molecule has 3 atom stereocenters. The summed E-state index contributed by atoms with van der Waals surface area (Å²) >= 11 is 0. The number of aliphatic hydroxyl groups is 1. The summed E-state index contributed by atoms with van der Waals surface area (Å²) in [5.74, 6) is -1.10. The van der Waals surface area contributed by atoms with Crippen molar-refractivity contribution in [1.82, 2.24) is 4.90 Å². The van der Waals surface area contributed by atoms with Gasteiger partial charge in [0.25, 0.3) is 0 Å². The topological polar surface area (TPSA) is 78.9 Å². The van der Waals surface area contributed by atoms with Crippen LogP contribution in [0.3, 0.4) is 0 Å². The van der Waals surface area contributed by atoms with Crippen molar-refractivity contribution in [3.05, 3.63) is 59.2 Å². The number of carbonyl (C=O) groups excluding carboxylic acids is 2. The number of fused-ring (bicyclic) bond motifs is 4. The number of rotatable bonds is 4. The summed E-state index contributed by atoms with van der Waals surface area (Å²) in [6.45, 7) is 5.71. The number of para-hydroxylation sites is 1. The summed E-state index contributed by atoms with van der Waals surface area (Å²) in [5, 5.41) is 12.5. The Hall–Kier alpha value is -2.86. The molecular weight excluding hydrogens is 368 g/mol. The summed E-state index contributed by atoms with van der Waals surface area (Å²) < 4.78 is 6.17. The SMILES string of the molecule is Cc1ccc(NC(=O)[C@H]2C(=O)N(CCO)[C@]3(C)C[C@H]2c2ccccc2O3)c(C)c1. The maximum Gasteiger partial charge on any atom is 0.238 e. The molecule has 1 fully saturated rings. The third-order valence-corrected chi connectivity index (χ3v) is 6.00. The first kappa shape index (κ1) is 19.5. The third kappa shape index (κ3) is 3.27. The first-order valence-electron chi connectivity index (χ1n) is 9.92. The minimum absolute atomic E-state index is 0.123. The molecule has 2 heterocycles. The second-order valence-corrected chi connectivity index (χ2v) is 8.12. The van der Waals surface area contributed by atoms with Crippen molar-refractivity contribution in [3.63, 3.8) is 0 Å². The molecule has 0 unspecified atom stereocenters. The van der Waals surface area contributed by atoms with E-state index in [1.807, 2.05) is 63.2 Å². The molecule has 0 saturated carbocycles. The van der Waals surface area contributed by atoms with Gasteiger partial charge < -0.3 is 20.1 Å². The van der Waals surface area contributed by atoms with E-state index < -0.39 is 11.6 Å². The highest BCUT2D eigenvalue weighted by Crippen LogP contribution is 2.50. The number of hydrogen-bond acceptors (Lipinski definition) is 4. The number of anilines is 1. The minimum atomic E-state index is -0.880. The first-order chi connectivity index (χ1) is 13.8. The van der Waals surface area contributed by atoms with Crippen molar-refractivity contribution in [2.24, 2.45) is 5.92 Å². The maximum absolute atomic E-state index is 13.4. The largest absolute Gasteiger partial charge is 0.468 e. The van der Waals surface area contributed by atoms with Gasteiger partial charge in [0.2, 0.25) is 11.8 Å². The molecule has 0 aromatic heterocycles. The molecule has 2 bridgehead atoms. The number of ether oxygens (including phenoxy) is 1. The van der Waals surface area contributed by atoms with Crippen LogP contribution in [0.4, 0.5) is 5.69 Å². The van der Waals surface area contributed by atoms with Crippen LogP contribution in [0.5, 0.6) is 5.75 Å². The molecule has 152 valence electrons. The van der Waals surface area contributed by atoms with Crippen molar-refractivity contribution in [2.45, 2.75) is 38.8 Å². The fourth-order valence-corrected chi connectivity index (χ4v) is 4.62. The monoisotopic (exact) mass is 394 g/mol. The van der Waals surface area contributed by atoms with Gasteiger partial charge in [-0.3, -0.25) is 9.59 Å². The zero-order chi connectivity index (χ0) is 20.8. The Labute approximate surface area is 170 Å². The molecular formula is C23H26N2O4. The summed E-state index contributed by atoms with van der Waals surface area (Å²) in [5.41, 5.74) is 2.76. The van der Waals surface area contributed by atoms with E-state index in [9.17, 15) is 14.7 Å². The summed E-state index contributed by atoms with van der Waals surface area (Å²) in [7, 11) is 0. The molecule has 2 aliphatic heterocycles. The minimum Gasteiger partial charge on any atom is -0.468 e. The highest BCUT2D eigenvalue weighted by atomic mass is 16.5. The van der Waals surface area contributed by atoms with E-state index in [-0.39, 0.29) is 30.9 Å². The van der Waals surface area contributed by atoms with E-state index >= 15 is 0 Å². The number of hydrogen-bond donors (Lipinski definition) is 2. The molecule has 2 N–H and O–H groups in total. The predicted octanol–water partition coefficient (Wildman–Crippen LogP) is 2.98. The van der Waals surface area contributed by atoms with Gasteiger partial charge in [0.05, 0.1) is 6.61 Å². The number of benzene rings is 2. The zero-order valence-corrected chi connectivity index (χ0v) is 16.9. The smallest absolute Gasteiger partial charge is 0.238 e. The van der Waals surface area contributed by atoms with Crippen LogP contribution < -0.4 is 10.1 Å². The number of likely N-dealkylation sites (tertiary alicyclic amines) is 1. The lowest BCUT2D eigenvalue weighted by atomic mass is 9.73. The second kappa shape index (κ2) is 7.19. The van der Waals surface area contributed by atoms with E-state index in [1.54, 1.807) is 0 Å². The molecule has 4 rings (SSSR count). The van der Waals surface area contributed by atoms with Gasteiger partial charge in [-0.2, -0.15) is 0 Å². The van der Waals surface area contributed by atoms with Crippen LogP contribution in [0.1, 0.15) is 36.0 Å². The highest BCUT2D eigenvalue weighted by molar-refractivity contribution is 6.08. The summed E-state index contributed by atoms with van der Waals surface area (Å²) in [4.78, 5) is 28.2. The molecule has 0 aliphatic carbocycles. The van der Waals surface area contributed by atoms with Crippen LogP contribution in [-0.2, 0) is 9.59 Å². The molecule has 29 heavy (non-hydrogen) atoms. The Balaban J connectivity index is 1.73. The summed E-state index contributed by atoms with van der Waals surface area (Å²) in [6.07, 6.45) is 0.501. The van der Waals surface area contributed by atoms with E-state index in [0.29, 0.717) is 17.9 Å². The van der Waals surface area contributed by atoms with Crippen LogP contribution in [0.2, 0.25) is 0 Å². The standard InChI is InChI=1S/C23H26N2O4/c1-14-8-9-18(15(2)12-14)24-21(27)20-17-13-23(3,25(10-11-26)22(20)28)29-19-7-5-4-6-16(17)19/h4-9,12,17,20,26H,10-11,13H2,1-3H3,(H,24,27)/t17-,20-,23-/m0/s1. The number of aryl methyl sites for hydroxylation is 2. The fraction of sp³-hybridized carbons (Fsp3) is 0.391. The van der Waals surface area contributed by atoms with Gasteiger partial charge in [-0.25, -0.2) is 0 Å².